The third kappa shape index (κ3) is 6.07. The van der Waals surface area contributed by atoms with Crippen LogP contribution in [0.25, 0.3) is 22.8 Å². The van der Waals surface area contributed by atoms with E-state index in [0.717, 1.165) is 11.6 Å². The molecule has 1 heterocycles. The number of ether oxygens (including phenoxy) is 1. The third-order valence-electron chi connectivity index (χ3n) is 4.38. The molecular weight excluding hydrogens is 427 g/mol. The zero-order chi connectivity index (χ0) is 23.3. The van der Waals surface area contributed by atoms with Gasteiger partial charge in [0.05, 0.1) is 18.1 Å². The lowest BCUT2D eigenvalue weighted by Crippen LogP contribution is -2.17. The number of hydrogen-bond donors (Lipinski definition) is 2. The minimum absolute atomic E-state index is 0.0321. The van der Waals surface area contributed by atoms with Crippen LogP contribution < -0.4 is 10.1 Å². The van der Waals surface area contributed by atoms with Gasteiger partial charge in [-0.15, -0.1) is 0 Å². The number of nitrogens with one attached hydrogen (secondary N) is 1. The fourth-order valence-corrected chi connectivity index (χ4v) is 2.90. The molecule has 2 N–H and O–H groups in total. The largest absolute Gasteiger partial charge is 0.490 e. The Labute approximate surface area is 182 Å². The molecule has 32 heavy (non-hydrogen) atoms. The SMILES string of the molecule is CC(C)Oc1ccc(-c2nc(-c3ccc(CNCCC(=O)O)cc3)no2)cc1C(F)(F)F. The summed E-state index contributed by atoms with van der Waals surface area (Å²) in [7, 11) is 0. The first kappa shape index (κ1) is 23.3. The normalized spacial score (nSPS) is 11.7. The second-order valence-corrected chi connectivity index (χ2v) is 7.32. The minimum Gasteiger partial charge on any atom is -0.490 e. The number of carboxylic acid groups (broad SMARTS) is 1. The van der Waals surface area contributed by atoms with E-state index in [1.807, 2.05) is 12.1 Å². The molecule has 10 heteroatoms. The van der Waals surface area contributed by atoms with Gasteiger partial charge in [0.1, 0.15) is 5.75 Å². The van der Waals surface area contributed by atoms with Gasteiger partial charge in [-0.2, -0.15) is 18.2 Å². The van der Waals surface area contributed by atoms with Crippen molar-refractivity contribution in [3.8, 4) is 28.6 Å². The molecule has 0 aliphatic heterocycles. The Morgan fingerprint density at radius 2 is 1.84 bits per heavy atom. The topological polar surface area (TPSA) is 97.5 Å². The van der Waals surface area contributed by atoms with Gasteiger partial charge in [0, 0.05) is 24.2 Å². The molecule has 1 aromatic heterocycles. The number of nitrogens with zero attached hydrogens (tertiary/aromatic N) is 2. The van der Waals surface area contributed by atoms with Crippen LogP contribution in [0.3, 0.4) is 0 Å². The van der Waals surface area contributed by atoms with E-state index in [4.69, 9.17) is 14.4 Å². The number of rotatable bonds is 9. The third-order valence-corrected chi connectivity index (χ3v) is 4.38. The van der Waals surface area contributed by atoms with Crippen LogP contribution in [-0.4, -0.2) is 33.9 Å². The molecule has 0 fully saturated rings. The number of aliphatic carboxylic acids is 1. The summed E-state index contributed by atoms with van der Waals surface area (Å²) in [4.78, 5) is 14.7. The summed E-state index contributed by atoms with van der Waals surface area (Å²) in [5.41, 5.74) is 0.776. The van der Waals surface area contributed by atoms with Gasteiger partial charge in [-0.1, -0.05) is 29.4 Å². The molecule has 0 spiro atoms. The van der Waals surface area contributed by atoms with Gasteiger partial charge in [-0.3, -0.25) is 4.79 Å². The Morgan fingerprint density at radius 1 is 1.16 bits per heavy atom. The summed E-state index contributed by atoms with van der Waals surface area (Å²) >= 11 is 0. The number of carbonyl (C=O) groups is 1. The second kappa shape index (κ2) is 9.82. The Hall–Kier alpha value is -3.40. The monoisotopic (exact) mass is 449 g/mol. The molecule has 0 saturated carbocycles. The zero-order valence-corrected chi connectivity index (χ0v) is 17.4. The average Bonchev–Trinajstić information content (AvgIpc) is 3.21. The van der Waals surface area contributed by atoms with Crippen LogP contribution in [-0.2, 0) is 17.5 Å². The van der Waals surface area contributed by atoms with Crippen LogP contribution in [0.2, 0.25) is 0 Å². The predicted molar refractivity (Wildman–Crippen MR) is 110 cm³/mol. The van der Waals surface area contributed by atoms with Crippen LogP contribution in [0.1, 0.15) is 31.4 Å². The summed E-state index contributed by atoms with van der Waals surface area (Å²) in [6, 6.07) is 10.8. The van der Waals surface area contributed by atoms with Gasteiger partial charge in [0.15, 0.2) is 0 Å². The van der Waals surface area contributed by atoms with Crippen LogP contribution in [0.4, 0.5) is 13.2 Å². The molecule has 2 aromatic carbocycles. The number of alkyl halides is 3. The van der Waals surface area contributed by atoms with Crippen LogP contribution >= 0.6 is 0 Å². The molecule has 0 saturated heterocycles. The molecule has 0 unspecified atom stereocenters. The number of aromatic nitrogens is 2. The maximum Gasteiger partial charge on any atom is 0.419 e. The highest BCUT2D eigenvalue weighted by Gasteiger charge is 2.35. The van der Waals surface area contributed by atoms with Crippen molar-refractivity contribution < 1.29 is 32.3 Å². The summed E-state index contributed by atoms with van der Waals surface area (Å²) in [6.45, 7) is 4.15. The van der Waals surface area contributed by atoms with Crippen molar-refractivity contribution in [2.24, 2.45) is 0 Å². The zero-order valence-electron chi connectivity index (χ0n) is 17.4. The maximum atomic E-state index is 13.5. The molecule has 0 bridgehead atoms. The molecule has 3 aromatic rings. The van der Waals surface area contributed by atoms with E-state index < -0.39 is 23.8 Å². The van der Waals surface area contributed by atoms with Gasteiger partial charge >= 0.3 is 12.1 Å². The van der Waals surface area contributed by atoms with Crippen molar-refractivity contribution >= 4 is 5.97 Å². The van der Waals surface area contributed by atoms with E-state index >= 15 is 0 Å². The van der Waals surface area contributed by atoms with Crippen molar-refractivity contribution in [2.75, 3.05) is 6.54 Å². The lowest BCUT2D eigenvalue weighted by atomic mass is 10.1. The predicted octanol–water partition coefficient (Wildman–Crippen LogP) is 4.77. The minimum atomic E-state index is -4.60. The number of carboxylic acids is 1. The van der Waals surface area contributed by atoms with Crippen molar-refractivity contribution in [3.63, 3.8) is 0 Å². The average molecular weight is 449 g/mol. The first-order valence-electron chi connectivity index (χ1n) is 9.87. The highest BCUT2D eigenvalue weighted by atomic mass is 19.4. The smallest absolute Gasteiger partial charge is 0.419 e. The molecule has 170 valence electrons. The van der Waals surface area contributed by atoms with E-state index in [0.29, 0.717) is 18.7 Å². The van der Waals surface area contributed by atoms with E-state index in [-0.39, 0.29) is 29.4 Å². The summed E-state index contributed by atoms with van der Waals surface area (Å²) in [5.74, 6) is -0.934. The van der Waals surface area contributed by atoms with E-state index in [1.165, 1.54) is 12.1 Å². The van der Waals surface area contributed by atoms with Crippen LogP contribution in [0, 0.1) is 0 Å². The van der Waals surface area contributed by atoms with Gasteiger partial charge < -0.3 is 19.7 Å². The second-order valence-electron chi connectivity index (χ2n) is 7.32. The maximum absolute atomic E-state index is 13.5. The lowest BCUT2D eigenvalue weighted by Gasteiger charge is -2.16. The lowest BCUT2D eigenvalue weighted by molar-refractivity contribution is -0.139. The summed E-state index contributed by atoms with van der Waals surface area (Å²) in [5, 5.41) is 15.5. The molecule has 3 rings (SSSR count). The van der Waals surface area contributed by atoms with Crippen molar-refractivity contribution in [2.45, 2.75) is 39.1 Å². The molecule has 0 atom stereocenters. The van der Waals surface area contributed by atoms with Crippen molar-refractivity contribution in [3.05, 3.63) is 53.6 Å². The Kier molecular flexibility index (Phi) is 7.14. The molecule has 0 amide bonds. The Bertz CT molecular complexity index is 1060. The standard InChI is InChI=1S/C22H22F3N3O4/c1-13(2)31-18-8-7-16(11-17(18)22(23,24)25)21-27-20(28-32-21)15-5-3-14(4-6-15)12-26-10-9-19(29)30/h3-8,11,13,26H,9-10,12H2,1-2H3,(H,29,30). The quantitative estimate of drug-likeness (QED) is 0.454. The molecule has 0 aliphatic rings. The Morgan fingerprint density at radius 3 is 2.47 bits per heavy atom. The van der Waals surface area contributed by atoms with Gasteiger partial charge in [-0.05, 0) is 37.6 Å². The first-order valence-corrected chi connectivity index (χ1v) is 9.87. The molecule has 0 radical (unpaired) electrons. The fraction of sp³-hybridized carbons (Fsp3) is 0.318. The van der Waals surface area contributed by atoms with Crippen LogP contribution in [0.15, 0.2) is 47.0 Å². The summed E-state index contributed by atoms with van der Waals surface area (Å²) in [6.07, 6.45) is -4.98. The number of halogens is 3. The van der Waals surface area contributed by atoms with E-state index in [1.54, 1.807) is 26.0 Å². The van der Waals surface area contributed by atoms with Crippen molar-refractivity contribution in [1.29, 1.82) is 0 Å². The molecule has 0 aliphatic carbocycles. The van der Waals surface area contributed by atoms with Crippen LogP contribution in [0.5, 0.6) is 5.75 Å². The van der Waals surface area contributed by atoms with Gasteiger partial charge in [0.2, 0.25) is 5.82 Å². The number of benzene rings is 2. The van der Waals surface area contributed by atoms with Gasteiger partial charge in [0.25, 0.3) is 5.89 Å². The van der Waals surface area contributed by atoms with E-state index in [9.17, 15) is 18.0 Å². The van der Waals surface area contributed by atoms with E-state index in [2.05, 4.69) is 15.5 Å². The molecule has 7 nitrogen and oxygen atoms in total. The fourth-order valence-electron chi connectivity index (χ4n) is 2.90. The molecular formula is C22H22F3N3O4. The van der Waals surface area contributed by atoms with Crippen molar-refractivity contribution in [1.82, 2.24) is 15.5 Å². The number of hydrogen-bond acceptors (Lipinski definition) is 6. The summed E-state index contributed by atoms with van der Waals surface area (Å²) < 4.78 is 50.9. The highest BCUT2D eigenvalue weighted by molar-refractivity contribution is 5.66. The van der Waals surface area contributed by atoms with Gasteiger partial charge in [-0.25, -0.2) is 0 Å². The first-order chi connectivity index (χ1) is 15.1. The highest BCUT2D eigenvalue weighted by Crippen LogP contribution is 2.39. The Balaban J connectivity index is 1.76.